The summed E-state index contributed by atoms with van der Waals surface area (Å²) in [5, 5.41) is 2.79. The largest absolute Gasteiger partial charge is 0.497 e. The molecule has 0 saturated heterocycles. The predicted octanol–water partition coefficient (Wildman–Crippen LogP) is 3.67. The van der Waals surface area contributed by atoms with Crippen LogP contribution < -0.4 is 19.5 Å². The highest BCUT2D eigenvalue weighted by Gasteiger charge is 2.26. The number of carbonyl (C=O) groups is 1. The number of rotatable bonds is 8. The van der Waals surface area contributed by atoms with Gasteiger partial charge in [-0.25, -0.2) is 4.39 Å². The molecule has 0 fully saturated rings. The lowest BCUT2D eigenvalue weighted by Crippen LogP contribution is -2.32. The van der Waals surface area contributed by atoms with Crippen LogP contribution in [0.2, 0.25) is 0 Å². The highest BCUT2D eigenvalue weighted by molar-refractivity contribution is 5.82. The molecule has 0 aliphatic carbocycles. The Morgan fingerprint density at radius 2 is 1.86 bits per heavy atom. The molecule has 0 bridgehead atoms. The van der Waals surface area contributed by atoms with Crippen LogP contribution in [0.1, 0.15) is 17.2 Å². The lowest BCUT2D eigenvalue weighted by Gasteiger charge is -2.20. The summed E-state index contributed by atoms with van der Waals surface area (Å²) in [4.78, 5) is 16.6. The first-order chi connectivity index (χ1) is 14.1. The molecule has 0 radical (unpaired) electrons. The average Bonchev–Trinajstić information content (AvgIpc) is 2.77. The number of benzene rings is 2. The van der Waals surface area contributed by atoms with Crippen molar-refractivity contribution in [2.45, 2.75) is 12.6 Å². The first kappa shape index (κ1) is 20.1. The van der Waals surface area contributed by atoms with Crippen molar-refractivity contribution in [2.75, 3.05) is 14.2 Å². The maximum Gasteiger partial charge on any atom is 0.266 e. The van der Waals surface area contributed by atoms with Crippen molar-refractivity contribution < 1.29 is 23.4 Å². The van der Waals surface area contributed by atoms with Gasteiger partial charge in [0, 0.05) is 29.9 Å². The fraction of sp³-hybridized carbons (Fsp3) is 0.182. The molecule has 1 aromatic heterocycles. The van der Waals surface area contributed by atoms with E-state index in [4.69, 9.17) is 14.2 Å². The molecule has 1 atom stereocenters. The highest BCUT2D eigenvalue weighted by atomic mass is 19.1. The van der Waals surface area contributed by atoms with Gasteiger partial charge in [0.1, 0.15) is 23.1 Å². The number of aromatic nitrogens is 1. The molecular weight excluding hydrogens is 375 g/mol. The first-order valence-corrected chi connectivity index (χ1v) is 8.92. The Bertz CT molecular complexity index is 966. The highest BCUT2D eigenvalue weighted by Crippen LogP contribution is 2.26. The standard InChI is InChI=1S/C22H21FN2O4/c1-27-17-9-8-15(20(12-17)28-2)13-25-22(26)21(18-10-11-24-14-19(18)23)29-16-6-4-3-5-7-16/h3-12,14,21H,13H2,1-2H3,(H,25,26). The fourth-order valence-corrected chi connectivity index (χ4v) is 2.76. The molecule has 1 unspecified atom stereocenters. The number of nitrogens with one attached hydrogen (secondary N) is 1. The second-order valence-electron chi connectivity index (χ2n) is 6.10. The molecule has 0 spiro atoms. The van der Waals surface area contributed by atoms with Crippen molar-refractivity contribution in [1.82, 2.24) is 10.3 Å². The predicted molar refractivity (Wildman–Crippen MR) is 105 cm³/mol. The molecule has 1 N–H and O–H groups in total. The minimum Gasteiger partial charge on any atom is -0.497 e. The van der Waals surface area contributed by atoms with Crippen LogP contribution in [0.4, 0.5) is 4.39 Å². The second kappa shape index (κ2) is 9.54. The van der Waals surface area contributed by atoms with Gasteiger partial charge >= 0.3 is 0 Å². The Morgan fingerprint density at radius 3 is 2.55 bits per heavy atom. The molecular formula is C22H21FN2O4. The van der Waals surface area contributed by atoms with E-state index in [1.54, 1.807) is 49.6 Å². The van der Waals surface area contributed by atoms with E-state index in [9.17, 15) is 9.18 Å². The zero-order chi connectivity index (χ0) is 20.6. The fourth-order valence-electron chi connectivity index (χ4n) is 2.76. The second-order valence-corrected chi connectivity index (χ2v) is 6.10. The van der Waals surface area contributed by atoms with E-state index in [1.165, 1.54) is 19.4 Å². The van der Waals surface area contributed by atoms with Gasteiger partial charge < -0.3 is 19.5 Å². The molecule has 1 amide bonds. The molecule has 7 heteroatoms. The molecule has 1 heterocycles. The molecule has 6 nitrogen and oxygen atoms in total. The van der Waals surface area contributed by atoms with Crippen molar-refractivity contribution in [2.24, 2.45) is 0 Å². The van der Waals surface area contributed by atoms with E-state index in [0.717, 1.165) is 11.8 Å². The number of nitrogens with zero attached hydrogens (tertiary/aromatic N) is 1. The number of ether oxygens (including phenoxy) is 3. The molecule has 0 aliphatic rings. The SMILES string of the molecule is COc1ccc(CNC(=O)C(Oc2ccccc2)c2ccncc2F)c(OC)c1. The van der Waals surface area contributed by atoms with Crippen molar-refractivity contribution in [1.29, 1.82) is 0 Å². The Morgan fingerprint density at radius 1 is 1.07 bits per heavy atom. The molecule has 3 rings (SSSR count). The summed E-state index contributed by atoms with van der Waals surface area (Å²) in [6, 6.07) is 15.5. The van der Waals surface area contributed by atoms with E-state index < -0.39 is 17.8 Å². The third kappa shape index (κ3) is 5.01. The van der Waals surface area contributed by atoms with Crippen molar-refractivity contribution in [3.8, 4) is 17.2 Å². The third-order valence-corrected chi connectivity index (χ3v) is 4.27. The Hall–Kier alpha value is -3.61. The summed E-state index contributed by atoms with van der Waals surface area (Å²) < 4.78 is 30.6. The maximum absolute atomic E-state index is 14.3. The Kier molecular flexibility index (Phi) is 6.63. The lowest BCUT2D eigenvalue weighted by molar-refractivity contribution is -0.128. The summed E-state index contributed by atoms with van der Waals surface area (Å²) in [5.74, 6) is 0.551. The number of hydrogen-bond donors (Lipinski definition) is 1. The van der Waals surface area contributed by atoms with Crippen LogP contribution in [0.3, 0.4) is 0 Å². The van der Waals surface area contributed by atoms with Gasteiger partial charge in [-0.15, -0.1) is 0 Å². The van der Waals surface area contributed by atoms with E-state index in [-0.39, 0.29) is 12.1 Å². The van der Waals surface area contributed by atoms with E-state index in [0.29, 0.717) is 17.2 Å². The van der Waals surface area contributed by atoms with Crippen LogP contribution in [-0.4, -0.2) is 25.1 Å². The van der Waals surface area contributed by atoms with Gasteiger partial charge in [0.15, 0.2) is 0 Å². The van der Waals surface area contributed by atoms with E-state index in [2.05, 4.69) is 10.3 Å². The Balaban J connectivity index is 1.81. The number of carbonyl (C=O) groups excluding carboxylic acids is 1. The minimum absolute atomic E-state index is 0.100. The van der Waals surface area contributed by atoms with Crippen LogP contribution in [0.5, 0.6) is 17.2 Å². The average molecular weight is 396 g/mol. The number of para-hydroxylation sites is 1. The first-order valence-electron chi connectivity index (χ1n) is 8.92. The monoisotopic (exact) mass is 396 g/mol. The Labute approximate surface area is 168 Å². The summed E-state index contributed by atoms with van der Waals surface area (Å²) in [5.41, 5.74) is 0.846. The number of methoxy groups -OCH3 is 2. The van der Waals surface area contributed by atoms with Gasteiger partial charge in [0.2, 0.25) is 6.10 Å². The summed E-state index contributed by atoms with van der Waals surface area (Å²) >= 11 is 0. The quantitative estimate of drug-likeness (QED) is 0.629. The van der Waals surface area contributed by atoms with Crippen LogP contribution in [0, 0.1) is 5.82 Å². The van der Waals surface area contributed by atoms with Crippen molar-refractivity contribution in [3.63, 3.8) is 0 Å². The topological polar surface area (TPSA) is 69.7 Å². The maximum atomic E-state index is 14.3. The number of halogens is 1. The molecule has 0 aliphatic heterocycles. The van der Waals surface area contributed by atoms with Crippen molar-refractivity contribution in [3.05, 3.63) is 83.9 Å². The van der Waals surface area contributed by atoms with Crippen LogP contribution in [0.25, 0.3) is 0 Å². The smallest absolute Gasteiger partial charge is 0.266 e. The van der Waals surface area contributed by atoms with E-state index in [1.807, 2.05) is 6.07 Å². The van der Waals surface area contributed by atoms with Crippen LogP contribution >= 0.6 is 0 Å². The summed E-state index contributed by atoms with van der Waals surface area (Å²) in [7, 11) is 3.10. The van der Waals surface area contributed by atoms with Gasteiger partial charge in [-0.3, -0.25) is 9.78 Å². The van der Waals surface area contributed by atoms with Gasteiger partial charge in [-0.2, -0.15) is 0 Å². The molecule has 29 heavy (non-hydrogen) atoms. The summed E-state index contributed by atoms with van der Waals surface area (Å²) in [6.07, 6.45) is 1.29. The molecule has 2 aromatic carbocycles. The van der Waals surface area contributed by atoms with Gasteiger partial charge in [0.05, 0.1) is 20.4 Å². The van der Waals surface area contributed by atoms with Crippen LogP contribution in [0.15, 0.2) is 67.0 Å². The summed E-state index contributed by atoms with van der Waals surface area (Å²) in [6.45, 7) is 0.174. The molecule has 0 saturated carbocycles. The zero-order valence-corrected chi connectivity index (χ0v) is 16.1. The molecule has 150 valence electrons. The van der Waals surface area contributed by atoms with Gasteiger partial charge in [-0.1, -0.05) is 18.2 Å². The van der Waals surface area contributed by atoms with E-state index >= 15 is 0 Å². The number of hydrogen-bond acceptors (Lipinski definition) is 5. The third-order valence-electron chi connectivity index (χ3n) is 4.27. The minimum atomic E-state index is -1.18. The van der Waals surface area contributed by atoms with Crippen LogP contribution in [-0.2, 0) is 11.3 Å². The number of pyridine rings is 1. The molecule has 3 aromatic rings. The normalized spacial score (nSPS) is 11.4. The number of amides is 1. The van der Waals surface area contributed by atoms with Crippen molar-refractivity contribution >= 4 is 5.91 Å². The zero-order valence-electron chi connectivity index (χ0n) is 16.1. The van der Waals surface area contributed by atoms with Gasteiger partial charge in [-0.05, 0) is 30.3 Å². The lowest BCUT2D eigenvalue weighted by atomic mass is 10.1. The van der Waals surface area contributed by atoms with Gasteiger partial charge in [0.25, 0.3) is 5.91 Å².